The van der Waals surface area contributed by atoms with Gasteiger partial charge < -0.3 is 14.6 Å². The number of carbonyl (C=O) groups is 1. The maximum Gasteiger partial charge on any atom is 0.270 e. The Morgan fingerprint density at radius 1 is 1.08 bits per heavy atom. The summed E-state index contributed by atoms with van der Waals surface area (Å²) in [6.07, 6.45) is 3.14. The van der Waals surface area contributed by atoms with Gasteiger partial charge in [-0.15, -0.1) is 0 Å². The van der Waals surface area contributed by atoms with Crippen molar-refractivity contribution < 1.29 is 14.1 Å². The van der Waals surface area contributed by atoms with Gasteiger partial charge in [0.15, 0.2) is 10.7 Å². The van der Waals surface area contributed by atoms with Crippen molar-refractivity contribution in [3.8, 4) is 11.5 Å². The largest absolute Gasteiger partial charge is 0.436 e. The summed E-state index contributed by atoms with van der Waals surface area (Å²) in [6.45, 7) is 1.59. The van der Waals surface area contributed by atoms with E-state index >= 15 is 0 Å². The normalized spacial score (nSPS) is 13.4. The predicted octanol–water partition coefficient (Wildman–Crippen LogP) is 6.12. The molecule has 0 radical (unpaired) electrons. The third-order valence-corrected chi connectivity index (χ3v) is 6.95. The number of non-ortho nitro benzene ring substituents is 1. The van der Waals surface area contributed by atoms with Gasteiger partial charge in [-0.25, -0.2) is 4.98 Å². The lowest BCUT2D eigenvalue weighted by Gasteiger charge is -2.30. The van der Waals surface area contributed by atoms with Crippen molar-refractivity contribution in [3.05, 3.63) is 79.9 Å². The Bertz CT molecular complexity index is 1520. The number of nitro benzene ring substituents is 1. The van der Waals surface area contributed by atoms with E-state index in [1.807, 2.05) is 24.3 Å². The van der Waals surface area contributed by atoms with Crippen molar-refractivity contribution in [2.24, 2.45) is 0 Å². The van der Waals surface area contributed by atoms with Crippen LogP contribution in [0.15, 0.2) is 65.1 Å². The number of halogens is 1. The van der Waals surface area contributed by atoms with Gasteiger partial charge in [-0.3, -0.25) is 20.2 Å². The molecule has 0 aliphatic carbocycles. The van der Waals surface area contributed by atoms with Crippen molar-refractivity contribution in [2.45, 2.75) is 19.3 Å². The van der Waals surface area contributed by atoms with Crippen LogP contribution in [0.25, 0.3) is 22.6 Å². The van der Waals surface area contributed by atoms with Gasteiger partial charge in [0.05, 0.1) is 16.2 Å². The number of nitrogens with zero attached hydrogens (tertiary/aromatic N) is 3. The summed E-state index contributed by atoms with van der Waals surface area (Å²) in [5, 5.41) is 17.1. The molecular formula is C26H22IN5O4S. The summed E-state index contributed by atoms with van der Waals surface area (Å²) in [7, 11) is 0. The standard InChI is InChI=1S/C26H22IN5O4S/c27-17-6-4-5-16(13-17)25-29-21-14-18(7-10-23(21)36-25)28-26(37)30-24(33)20-15-19(32(34)35)8-9-22(20)31-11-2-1-3-12-31/h4-10,13-15H,1-3,11-12H2,(H2,28,30,33,37). The van der Waals surface area contributed by atoms with Gasteiger partial charge in [0.25, 0.3) is 11.6 Å². The van der Waals surface area contributed by atoms with Crippen LogP contribution in [0.4, 0.5) is 17.1 Å². The molecule has 1 fully saturated rings. The lowest BCUT2D eigenvalue weighted by molar-refractivity contribution is -0.384. The minimum absolute atomic E-state index is 0.0711. The zero-order chi connectivity index (χ0) is 25.9. The van der Waals surface area contributed by atoms with E-state index in [4.69, 9.17) is 16.6 Å². The number of nitrogens with one attached hydrogen (secondary N) is 2. The second-order valence-corrected chi connectivity index (χ2v) is 10.3. The number of aromatic nitrogens is 1. The van der Waals surface area contributed by atoms with Crippen molar-refractivity contribution >= 4 is 74.0 Å². The minimum atomic E-state index is -0.509. The first-order chi connectivity index (χ1) is 17.9. The highest BCUT2D eigenvalue weighted by Gasteiger charge is 2.22. The number of amides is 1. The van der Waals surface area contributed by atoms with E-state index in [1.165, 1.54) is 12.1 Å². The van der Waals surface area contributed by atoms with E-state index < -0.39 is 10.8 Å². The second-order valence-electron chi connectivity index (χ2n) is 8.63. The summed E-state index contributed by atoms with van der Waals surface area (Å²) in [4.78, 5) is 30.7. The molecule has 2 N–H and O–H groups in total. The summed E-state index contributed by atoms with van der Waals surface area (Å²) < 4.78 is 6.97. The molecule has 3 aromatic carbocycles. The lowest BCUT2D eigenvalue weighted by atomic mass is 10.1. The molecule has 1 saturated heterocycles. The van der Waals surface area contributed by atoms with Crippen molar-refractivity contribution in [1.82, 2.24) is 10.3 Å². The van der Waals surface area contributed by atoms with Gasteiger partial charge in [0.1, 0.15) is 5.52 Å². The number of hydrogen-bond acceptors (Lipinski definition) is 7. The number of anilines is 2. The molecule has 0 unspecified atom stereocenters. The number of benzene rings is 3. The fourth-order valence-electron chi connectivity index (χ4n) is 4.31. The third kappa shape index (κ3) is 5.72. The zero-order valence-electron chi connectivity index (χ0n) is 19.6. The molecular weight excluding hydrogens is 605 g/mol. The summed E-state index contributed by atoms with van der Waals surface area (Å²) in [5.74, 6) is 0.00251. The molecule has 1 aliphatic rings. The first-order valence-corrected chi connectivity index (χ1v) is 13.2. The van der Waals surface area contributed by atoms with Crippen molar-refractivity contribution in [3.63, 3.8) is 0 Å². The van der Waals surface area contributed by atoms with Crippen LogP contribution < -0.4 is 15.5 Å². The number of oxazole rings is 1. The average molecular weight is 627 g/mol. The molecule has 0 saturated carbocycles. The van der Waals surface area contributed by atoms with Crippen LogP contribution in [0.2, 0.25) is 0 Å². The minimum Gasteiger partial charge on any atom is -0.436 e. The Balaban J connectivity index is 1.33. The first-order valence-electron chi connectivity index (χ1n) is 11.7. The molecule has 0 bridgehead atoms. The Hall–Kier alpha value is -3.58. The van der Waals surface area contributed by atoms with E-state index in [1.54, 1.807) is 24.3 Å². The smallest absolute Gasteiger partial charge is 0.270 e. The highest BCUT2D eigenvalue weighted by Crippen LogP contribution is 2.29. The molecule has 0 atom stereocenters. The van der Waals surface area contributed by atoms with Gasteiger partial charge >= 0.3 is 0 Å². The number of hydrogen-bond donors (Lipinski definition) is 2. The van der Waals surface area contributed by atoms with Gasteiger partial charge in [0, 0.05) is 40.0 Å². The average Bonchev–Trinajstić information content (AvgIpc) is 3.32. The number of thiocarbonyl (C=S) groups is 1. The highest BCUT2D eigenvalue weighted by atomic mass is 127. The molecule has 11 heteroatoms. The molecule has 1 aliphatic heterocycles. The maximum absolute atomic E-state index is 13.2. The molecule has 2 heterocycles. The molecule has 1 aromatic heterocycles. The number of fused-ring (bicyclic) bond motifs is 1. The Morgan fingerprint density at radius 2 is 1.89 bits per heavy atom. The SMILES string of the molecule is O=C(NC(=S)Nc1ccc2oc(-c3cccc(I)c3)nc2c1)c1cc([N+](=O)[O-])ccc1N1CCCCC1. The van der Waals surface area contributed by atoms with Crippen molar-refractivity contribution in [2.75, 3.05) is 23.3 Å². The van der Waals surface area contributed by atoms with Crippen LogP contribution in [0, 0.1) is 13.7 Å². The molecule has 4 aromatic rings. The van der Waals surface area contributed by atoms with E-state index in [0.29, 0.717) is 28.4 Å². The lowest BCUT2D eigenvalue weighted by Crippen LogP contribution is -2.36. The number of carbonyl (C=O) groups excluding carboxylic acids is 1. The topological polar surface area (TPSA) is 114 Å². The van der Waals surface area contributed by atoms with Gasteiger partial charge in [-0.2, -0.15) is 0 Å². The quantitative estimate of drug-likeness (QED) is 0.118. The monoisotopic (exact) mass is 627 g/mol. The van der Waals surface area contributed by atoms with Crippen LogP contribution in [0.1, 0.15) is 29.6 Å². The summed E-state index contributed by atoms with van der Waals surface area (Å²) in [6, 6.07) is 17.6. The Kier molecular flexibility index (Phi) is 7.33. The highest BCUT2D eigenvalue weighted by molar-refractivity contribution is 14.1. The second kappa shape index (κ2) is 10.8. The molecule has 37 heavy (non-hydrogen) atoms. The molecule has 9 nitrogen and oxygen atoms in total. The van der Waals surface area contributed by atoms with Gasteiger partial charge in [-0.1, -0.05) is 6.07 Å². The zero-order valence-corrected chi connectivity index (χ0v) is 22.5. The van der Waals surface area contributed by atoms with Crippen LogP contribution in [0.3, 0.4) is 0 Å². The van der Waals surface area contributed by atoms with Crippen molar-refractivity contribution in [1.29, 1.82) is 0 Å². The summed E-state index contributed by atoms with van der Waals surface area (Å²) in [5.41, 5.74) is 3.49. The van der Waals surface area contributed by atoms with Gasteiger partial charge in [-0.05, 0) is 96.5 Å². The molecule has 1 amide bonds. The maximum atomic E-state index is 13.2. The van der Waals surface area contributed by atoms with Gasteiger partial charge in [0.2, 0.25) is 5.89 Å². The van der Waals surface area contributed by atoms with Crippen LogP contribution in [-0.2, 0) is 0 Å². The van der Waals surface area contributed by atoms with E-state index in [9.17, 15) is 14.9 Å². The number of piperidine rings is 1. The Morgan fingerprint density at radius 3 is 2.65 bits per heavy atom. The predicted molar refractivity (Wildman–Crippen MR) is 155 cm³/mol. The molecule has 188 valence electrons. The molecule has 0 spiro atoms. The fourth-order valence-corrected chi connectivity index (χ4v) is 5.07. The number of rotatable bonds is 5. The first kappa shape index (κ1) is 25.1. The number of nitro groups is 1. The van der Waals surface area contributed by atoms with E-state index in [-0.39, 0.29) is 16.4 Å². The van der Waals surface area contributed by atoms with E-state index in [0.717, 1.165) is 41.5 Å². The molecule has 5 rings (SSSR count). The Labute approximate surface area is 231 Å². The van der Waals surface area contributed by atoms with Crippen LogP contribution in [-0.4, -0.2) is 34.0 Å². The summed E-state index contributed by atoms with van der Waals surface area (Å²) >= 11 is 7.62. The fraction of sp³-hybridized carbons (Fsp3) is 0.192. The van der Waals surface area contributed by atoms with Crippen LogP contribution in [0.5, 0.6) is 0 Å². The third-order valence-electron chi connectivity index (χ3n) is 6.08. The van der Waals surface area contributed by atoms with E-state index in [2.05, 4.69) is 43.1 Å². The van der Waals surface area contributed by atoms with Crippen LogP contribution >= 0.6 is 34.8 Å².